The van der Waals surface area contributed by atoms with Gasteiger partial charge in [-0.25, -0.2) is 14.2 Å². The van der Waals surface area contributed by atoms with Gasteiger partial charge in [-0.1, -0.05) is 24.3 Å². The summed E-state index contributed by atoms with van der Waals surface area (Å²) >= 11 is 0. The van der Waals surface area contributed by atoms with Gasteiger partial charge in [0.2, 0.25) is 0 Å². The number of ether oxygens (including phenoxy) is 2. The molecule has 1 aromatic heterocycles. The van der Waals surface area contributed by atoms with Crippen LogP contribution in [0.15, 0.2) is 36.8 Å². The van der Waals surface area contributed by atoms with Crippen LogP contribution in [0, 0.1) is 0 Å². The summed E-state index contributed by atoms with van der Waals surface area (Å²) in [5, 5.41) is 0. The number of hydrogen-bond acceptors (Lipinski definition) is 5. The van der Waals surface area contributed by atoms with E-state index in [0.29, 0.717) is 43.9 Å². The summed E-state index contributed by atoms with van der Waals surface area (Å²) in [6.07, 6.45) is 3.14. The number of likely N-dealkylation sites (tertiary alicyclic amines) is 1. The summed E-state index contributed by atoms with van der Waals surface area (Å²) in [7, 11) is 0. The Bertz CT molecular complexity index is 1100. The Morgan fingerprint density at radius 3 is 2.58 bits per heavy atom. The molecule has 0 spiro atoms. The van der Waals surface area contributed by atoms with Gasteiger partial charge < -0.3 is 23.8 Å². The molecule has 2 aliphatic heterocycles. The van der Waals surface area contributed by atoms with Crippen molar-refractivity contribution >= 4 is 12.0 Å². The Kier molecular flexibility index (Phi) is 7.14. The first-order valence-corrected chi connectivity index (χ1v) is 12.6. The van der Waals surface area contributed by atoms with Crippen molar-refractivity contribution in [1.29, 1.82) is 0 Å². The molecular formula is C27H37FN4O4. The van der Waals surface area contributed by atoms with E-state index in [9.17, 15) is 14.0 Å². The summed E-state index contributed by atoms with van der Waals surface area (Å²) in [5.41, 5.74) is -0.266. The standard InChI is InChI=1S/C27H37FN4O4/c1-18(19-9-7-8-10-20(19)27(5,6)28)32-17-29-15-22(32)24(33)30-12-11-21-23(16-30)35-14-13-31(21)25(34)36-26(2,3)4/h7-10,15,17-18,21,23H,11-14,16H2,1-6H3. The molecule has 2 aromatic rings. The summed E-state index contributed by atoms with van der Waals surface area (Å²) < 4.78 is 28.3. The number of benzene rings is 1. The Balaban J connectivity index is 1.51. The fourth-order valence-corrected chi connectivity index (χ4v) is 5.12. The largest absolute Gasteiger partial charge is 0.444 e. The third kappa shape index (κ3) is 5.40. The van der Waals surface area contributed by atoms with Gasteiger partial charge in [-0.15, -0.1) is 0 Å². The molecule has 0 N–H and O–H groups in total. The molecule has 3 atom stereocenters. The average Bonchev–Trinajstić information content (AvgIpc) is 3.30. The maximum Gasteiger partial charge on any atom is 0.410 e. The maximum absolute atomic E-state index is 14.9. The molecule has 9 heteroatoms. The van der Waals surface area contributed by atoms with E-state index in [1.165, 1.54) is 13.8 Å². The number of imidazole rings is 1. The lowest BCUT2D eigenvalue weighted by Gasteiger charge is -2.46. The van der Waals surface area contributed by atoms with Gasteiger partial charge in [0.15, 0.2) is 0 Å². The van der Waals surface area contributed by atoms with E-state index in [4.69, 9.17) is 9.47 Å². The van der Waals surface area contributed by atoms with E-state index in [-0.39, 0.29) is 30.2 Å². The monoisotopic (exact) mass is 500 g/mol. The van der Waals surface area contributed by atoms with Crippen molar-refractivity contribution in [3.63, 3.8) is 0 Å². The molecule has 0 bridgehead atoms. The minimum absolute atomic E-state index is 0.139. The third-order valence-corrected chi connectivity index (χ3v) is 6.86. The zero-order chi connectivity index (χ0) is 26.3. The Hall–Kier alpha value is -2.94. The van der Waals surface area contributed by atoms with Crippen LogP contribution in [-0.2, 0) is 15.1 Å². The molecule has 1 aromatic carbocycles. The van der Waals surface area contributed by atoms with Crippen molar-refractivity contribution in [2.75, 3.05) is 26.2 Å². The summed E-state index contributed by atoms with van der Waals surface area (Å²) in [4.78, 5) is 34.1. The number of aromatic nitrogens is 2. The van der Waals surface area contributed by atoms with E-state index in [1.807, 2.05) is 45.9 Å². The third-order valence-electron chi connectivity index (χ3n) is 6.86. The quantitative estimate of drug-likeness (QED) is 0.616. The number of nitrogens with zero attached hydrogens (tertiary/aromatic N) is 4. The molecule has 0 radical (unpaired) electrons. The molecule has 2 saturated heterocycles. The van der Waals surface area contributed by atoms with Gasteiger partial charge in [0.05, 0.1) is 37.3 Å². The number of alkyl halides is 1. The number of fused-ring (bicyclic) bond motifs is 1. The van der Waals surface area contributed by atoms with Crippen LogP contribution < -0.4 is 0 Å². The van der Waals surface area contributed by atoms with Crippen LogP contribution in [0.3, 0.4) is 0 Å². The van der Waals surface area contributed by atoms with Crippen LogP contribution in [-0.4, -0.2) is 75.3 Å². The highest BCUT2D eigenvalue weighted by molar-refractivity contribution is 5.92. The zero-order valence-electron chi connectivity index (χ0n) is 22.0. The number of carbonyl (C=O) groups excluding carboxylic acids is 2. The zero-order valence-corrected chi connectivity index (χ0v) is 22.0. The molecule has 196 valence electrons. The SMILES string of the molecule is CC(c1ccccc1C(C)(C)F)n1cncc1C(=O)N1CCC2C(C1)OCCN2C(=O)OC(C)(C)C. The predicted octanol–water partition coefficient (Wildman–Crippen LogP) is 4.55. The molecule has 2 fully saturated rings. The van der Waals surface area contributed by atoms with E-state index >= 15 is 0 Å². The van der Waals surface area contributed by atoms with E-state index in [1.54, 1.807) is 33.0 Å². The van der Waals surface area contributed by atoms with Crippen LogP contribution in [0.25, 0.3) is 0 Å². The second-order valence-electron chi connectivity index (χ2n) is 11.1. The van der Waals surface area contributed by atoms with Gasteiger partial charge in [0.25, 0.3) is 5.91 Å². The van der Waals surface area contributed by atoms with Gasteiger partial charge >= 0.3 is 6.09 Å². The van der Waals surface area contributed by atoms with Crippen molar-refractivity contribution in [3.05, 3.63) is 53.6 Å². The van der Waals surface area contributed by atoms with E-state index in [2.05, 4.69) is 4.98 Å². The number of halogens is 1. The highest BCUT2D eigenvalue weighted by Gasteiger charge is 2.42. The Labute approximate surface area is 212 Å². The molecule has 0 aliphatic carbocycles. The molecule has 2 amide bonds. The second kappa shape index (κ2) is 9.84. The van der Waals surface area contributed by atoms with Crippen LogP contribution in [0.4, 0.5) is 9.18 Å². The summed E-state index contributed by atoms with van der Waals surface area (Å²) in [5.74, 6) is -0.159. The first-order chi connectivity index (χ1) is 16.9. The maximum atomic E-state index is 14.9. The fourth-order valence-electron chi connectivity index (χ4n) is 5.12. The lowest BCUT2D eigenvalue weighted by Crippen LogP contribution is -2.61. The fraction of sp³-hybridized carbons (Fsp3) is 0.593. The van der Waals surface area contributed by atoms with Gasteiger partial charge in [-0.2, -0.15) is 0 Å². The number of hydrogen-bond donors (Lipinski definition) is 0. The number of carbonyl (C=O) groups is 2. The van der Waals surface area contributed by atoms with Crippen LogP contribution >= 0.6 is 0 Å². The number of rotatable bonds is 4. The van der Waals surface area contributed by atoms with Gasteiger partial charge in [-0.05, 0) is 59.1 Å². The highest BCUT2D eigenvalue weighted by Crippen LogP contribution is 2.33. The van der Waals surface area contributed by atoms with Gasteiger partial charge in [0, 0.05) is 19.6 Å². The lowest BCUT2D eigenvalue weighted by atomic mass is 9.91. The smallest absolute Gasteiger partial charge is 0.410 e. The normalized spacial score (nSPS) is 21.6. The molecule has 3 heterocycles. The second-order valence-corrected chi connectivity index (χ2v) is 11.1. The number of piperidine rings is 1. The topological polar surface area (TPSA) is 76.9 Å². The Morgan fingerprint density at radius 1 is 1.17 bits per heavy atom. The van der Waals surface area contributed by atoms with E-state index in [0.717, 1.165) is 5.56 Å². The summed E-state index contributed by atoms with van der Waals surface area (Å²) in [6, 6.07) is 6.95. The average molecular weight is 501 g/mol. The molecule has 8 nitrogen and oxygen atoms in total. The first-order valence-electron chi connectivity index (χ1n) is 12.6. The van der Waals surface area contributed by atoms with Crippen molar-refractivity contribution in [1.82, 2.24) is 19.4 Å². The number of amides is 2. The van der Waals surface area contributed by atoms with E-state index < -0.39 is 11.3 Å². The molecule has 4 rings (SSSR count). The lowest BCUT2D eigenvalue weighted by molar-refractivity contribution is -0.0988. The molecular weight excluding hydrogens is 463 g/mol. The Morgan fingerprint density at radius 2 is 1.89 bits per heavy atom. The van der Waals surface area contributed by atoms with Crippen LogP contribution in [0.5, 0.6) is 0 Å². The van der Waals surface area contributed by atoms with Crippen LogP contribution in [0.2, 0.25) is 0 Å². The minimum Gasteiger partial charge on any atom is -0.444 e. The van der Waals surface area contributed by atoms with Crippen LogP contribution in [0.1, 0.15) is 75.6 Å². The van der Waals surface area contributed by atoms with Gasteiger partial charge in [-0.3, -0.25) is 4.79 Å². The van der Waals surface area contributed by atoms with Crippen molar-refractivity contribution in [3.8, 4) is 0 Å². The summed E-state index contributed by atoms with van der Waals surface area (Å²) in [6.45, 7) is 12.3. The number of morpholine rings is 1. The molecule has 3 unspecified atom stereocenters. The minimum atomic E-state index is -1.52. The molecule has 0 saturated carbocycles. The molecule has 36 heavy (non-hydrogen) atoms. The van der Waals surface area contributed by atoms with Crippen molar-refractivity contribution in [2.45, 2.75) is 77.4 Å². The first kappa shape index (κ1) is 26.1. The highest BCUT2D eigenvalue weighted by atomic mass is 19.1. The van der Waals surface area contributed by atoms with Crippen molar-refractivity contribution < 1.29 is 23.5 Å². The van der Waals surface area contributed by atoms with Gasteiger partial charge in [0.1, 0.15) is 17.0 Å². The predicted molar refractivity (Wildman–Crippen MR) is 134 cm³/mol. The van der Waals surface area contributed by atoms with Crippen molar-refractivity contribution in [2.24, 2.45) is 0 Å². The molecule has 2 aliphatic rings.